The molecule has 0 spiro atoms. The van der Waals surface area contributed by atoms with Gasteiger partial charge in [-0.3, -0.25) is 14.4 Å². The quantitative estimate of drug-likeness (QED) is 0.0332. The Morgan fingerprint density at radius 1 is 0.486 bits per heavy atom. The molecule has 3 aliphatic rings. The maximum Gasteiger partial charge on any atom is 0.569 e. The standard InChI is InChI=1S/C22H16ClF2N5O4S.C22H16ClF2N5O2S.C18H13BrClF2N3O2S.C4H4BN2O2/c23-22(24,25)34-17-3-1-15(2-4-17)29-21(31)13-5-18(14-7-26-11-27-8-14)20-19(6-13)28-12-30(20)16-9-35(32,33)10-16;23-22(24,25)32-17-3-1-15(2-4-17)29-21(31)13-5-18(14-7-26-11-27-8-14)20-19(6-13)28-12-30(20)16-9-33-10-16;19-14-5-10(6-15-16(14)25(9-23-15)12-7-28-8-12)17(26)24-11-1-3-13(4-2-11)27-18(20,21)22;8-5-9-4-1-6-3-7-2-4/h1-8,11-12,16H,9-10H2,(H,29,31);1-8,11-12,16H,9-10H2,(H,29,31);1-6,9,12H,7-8H2,(H,24,26);1-3,8H. The lowest BCUT2D eigenvalue weighted by atomic mass is 10.0. The average molecular weight is 1620 g/mol. The number of thioether (sulfide) groups is 2. The van der Waals surface area contributed by atoms with Crippen LogP contribution in [0.2, 0.25) is 0 Å². The number of halogens is 10. The number of imidazole rings is 3. The van der Waals surface area contributed by atoms with Crippen molar-refractivity contribution in [2.45, 2.75) is 34.8 Å². The Hall–Kier alpha value is -9.82. The van der Waals surface area contributed by atoms with E-state index < -0.39 is 32.4 Å². The van der Waals surface area contributed by atoms with Crippen LogP contribution in [0.15, 0.2) is 189 Å². The summed E-state index contributed by atoms with van der Waals surface area (Å²) in [5.74, 6) is 2.98. The molecular weight excluding hydrogens is 1570 g/mol. The molecule has 15 rings (SSSR count). The van der Waals surface area contributed by atoms with Gasteiger partial charge in [-0.1, -0.05) is 0 Å². The molecule has 0 unspecified atom stereocenters. The van der Waals surface area contributed by atoms with Gasteiger partial charge in [-0.05, 0) is 125 Å². The van der Waals surface area contributed by atoms with E-state index in [0.717, 1.165) is 55.2 Å². The van der Waals surface area contributed by atoms with Crippen molar-refractivity contribution in [1.29, 1.82) is 0 Å². The summed E-state index contributed by atoms with van der Waals surface area (Å²) in [6.07, 6.45) is 18.8. The van der Waals surface area contributed by atoms with E-state index in [2.05, 4.69) is 105 Å². The van der Waals surface area contributed by atoms with E-state index in [1.54, 1.807) is 84.7 Å². The topological polar surface area (TPSA) is 309 Å². The Balaban J connectivity index is 0.000000140. The van der Waals surface area contributed by atoms with Crippen LogP contribution in [0, 0.1) is 0 Å². The summed E-state index contributed by atoms with van der Waals surface area (Å²) in [6.45, 7) is 0. The van der Waals surface area contributed by atoms with Crippen molar-refractivity contribution in [2.75, 3.05) is 50.5 Å². The fourth-order valence-corrected chi connectivity index (χ4v) is 14.6. The molecule has 12 aromatic rings. The van der Waals surface area contributed by atoms with Crippen LogP contribution in [0.4, 0.5) is 43.4 Å². The Morgan fingerprint density at radius 3 is 1.13 bits per heavy atom. The van der Waals surface area contributed by atoms with E-state index in [1.807, 2.05) is 23.5 Å². The van der Waals surface area contributed by atoms with Crippen molar-refractivity contribution >= 4 is 160 Å². The second-order valence-corrected chi connectivity index (χ2v) is 29.3. The fraction of sp³-hybridized carbons (Fsp3) is 0.182. The van der Waals surface area contributed by atoms with Gasteiger partial charge in [0.1, 0.15) is 42.0 Å². The number of rotatable bonds is 19. The number of aromatic nitrogens is 12. The molecule has 0 atom stereocenters. The van der Waals surface area contributed by atoms with Crippen molar-refractivity contribution in [2.24, 2.45) is 0 Å². The van der Waals surface area contributed by atoms with E-state index in [9.17, 15) is 49.1 Å². The molecule has 6 aromatic carbocycles. The third-order valence-electron chi connectivity index (χ3n) is 15.6. The molecule has 0 bridgehead atoms. The van der Waals surface area contributed by atoms with Crippen LogP contribution >= 0.6 is 74.3 Å². The summed E-state index contributed by atoms with van der Waals surface area (Å²) in [7, 11) is -2.49. The molecule has 3 amide bonds. The molecule has 6 aromatic heterocycles. The van der Waals surface area contributed by atoms with Gasteiger partial charge in [0.25, 0.3) is 17.7 Å². The second kappa shape index (κ2) is 32.3. The van der Waals surface area contributed by atoms with Gasteiger partial charge in [-0.25, -0.2) is 53.3 Å². The first-order chi connectivity index (χ1) is 50.2. The number of benzene rings is 6. The zero-order chi connectivity index (χ0) is 74.2. The zero-order valence-electron chi connectivity index (χ0n) is 53.4. The lowest BCUT2D eigenvalue weighted by Gasteiger charge is -2.28. The van der Waals surface area contributed by atoms with Gasteiger partial charge in [0.15, 0.2) is 9.84 Å². The summed E-state index contributed by atoms with van der Waals surface area (Å²) < 4.78 is 124. The van der Waals surface area contributed by atoms with Crippen LogP contribution in [0.1, 0.15) is 49.2 Å². The van der Waals surface area contributed by atoms with Crippen molar-refractivity contribution in [3.8, 4) is 45.3 Å². The summed E-state index contributed by atoms with van der Waals surface area (Å²) in [4.78, 5) is 75.6. The van der Waals surface area contributed by atoms with Crippen LogP contribution in [0.3, 0.4) is 0 Å². The number of hydrogen-bond donors (Lipinski definition) is 4. The highest BCUT2D eigenvalue weighted by atomic mass is 79.9. The molecule has 4 N–H and O–H groups in total. The normalized spacial score (nSPS) is 14.3. The number of carbonyl (C=O) groups excluding carboxylic acids is 3. The smallest absolute Gasteiger partial charge is 0.535 e. The number of carbonyl (C=O) groups is 3. The maximum atomic E-state index is 13.0. The second-order valence-electron chi connectivity index (χ2n) is 22.8. The minimum atomic E-state index is -3.84. The summed E-state index contributed by atoms with van der Waals surface area (Å²) in [5.41, 5.74) is -1.87. The number of ether oxygens (including phenoxy) is 3. The van der Waals surface area contributed by atoms with Gasteiger partial charge < -0.3 is 53.5 Å². The van der Waals surface area contributed by atoms with Crippen LogP contribution in [0.25, 0.3) is 55.4 Å². The molecule has 105 heavy (non-hydrogen) atoms. The number of sulfone groups is 1. The highest BCUT2D eigenvalue weighted by Gasteiger charge is 2.37. The summed E-state index contributed by atoms with van der Waals surface area (Å²) in [6, 6.07) is 27.0. The molecule has 3 fully saturated rings. The largest absolute Gasteiger partial charge is 0.569 e. The number of anilines is 3. The molecule has 9 heterocycles. The van der Waals surface area contributed by atoms with Gasteiger partial charge in [0.05, 0.1) is 94.1 Å². The van der Waals surface area contributed by atoms with E-state index in [0.29, 0.717) is 81.4 Å². The summed E-state index contributed by atoms with van der Waals surface area (Å²) >= 11 is 21.6. The fourth-order valence-electron chi connectivity index (χ4n) is 10.7. The molecule has 25 nitrogen and oxygen atoms in total. The first-order valence-electron chi connectivity index (χ1n) is 30.6. The number of hydrogen-bond acceptors (Lipinski definition) is 21. The SMILES string of the molecule is O=C(Nc1ccc(OC(F)(F)Cl)cc1)c1cc(-c2cncnc2)c2c(c1)ncn2C1CS(=O)(=O)C1.O=C(Nc1ccc(OC(F)(F)Cl)cc1)c1cc(-c2cncnc2)c2c(c1)ncn2C1CSC1.O=C(Nc1ccc(OC(F)(F)Cl)cc1)c1cc(Br)c2c(c1)ncn2C1CSC1.O[B]Oc1cncnc1. The molecule has 3 aliphatic heterocycles. The van der Waals surface area contributed by atoms with Gasteiger partial charge in [-0.2, -0.15) is 23.5 Å². The Bertz CT molecular complexity index is 5210. The van der Waals surface area contributed by atoms with Gasteiger partial charge in [-0.15, -0.1) is 26.3 Å². The van der Waals surface area contributed by atoms with E-state index in [4.69, 9.17) is 39.8 Å². The molecule has 539 valence electrons. The average Bonchev–Trinajstić information content (AvgIpc) is 1.67. The monoisotopic (exact) mass is 1620 g/mol. The Kier molecular flexibility index (Phi) is 23.0. The first kappa shape index (κ1) is 74.9. The van der Waals surface area contributed by atoms with Crippen LogP contribution in [0.5, 0.6) is 23.0 Å². The molecule has 3 saturated heterocycles. The lowest BCUT2D eigenvalue weighted by Crippen LogP contribution is -2.37. The highest BCUT2D eigenvalue weighted by molar-refractivity contribution is 9.10. The highest BCUT2D eigenvalue weighted by Crippen LogP contribution is 2.40. The van der Waals surface area contributed by atoms with Crippen molar-refractivity contribution in [3.05, 3.63) is 206 Å². The predicted molar refractivity (Wildman–Crippen MR) is 387 cm³/mol. The molecular formula is C66H49BBrCl3F6N15O10S3. The predicted octanol–water partition coefficient (Wildman–Crippen LogP) is 14.0. The molecule has 39 heteroatoms. The molecule has 0 saturated carbocycles. The number of fused-ring (bicyclic) bond motifs is 3. The zero-order valence-corrected chi connectivity index (χ0v) is 59.7. The van der Waals surface area contributed by atoms with E-state index >= 15 is 0 Å². The minimum Gasteiger partial charge on any atom is -0.535 e. The van der Waals surface area contributed by atoms with Crippen molar-refractivity contribution < 1.29 is 73.0 Å². The van der Waals surface area contributed by atoms with E-state index in [1.165, 1.54) is 104 Å². The van der Waals surface area contributed by atoms with Gasteiger partial charge >= 0.3 is 24.4 Å². The van der Waals surface area contributed by atoms with E-state index in [-0.39, 0.29) is 52.2 Å². The van der Waals surface area contributed by atoms with Crippen LogP contribution in [-0.2, 0) is 9.84 Å². The summed E-state index contributed by atoms with van der Waals surface area (Å²) in [5, 5.41) is 16.3. The number of amides is 3. The molecule has 1 radical (unpaired) electrons. The van der Waals surface area contributed by atoms with Gasteiger partial charge in [0, 0.05) is 143 Å². The van der Waals surface area contributed by atoms with Crippen LogP contribution in [-0.4, -0.2) is 149 Å². The van der Waals surface area contributed by atoms with Crippen molar-refractivity contribution in [3.63, 3.8) is 0 Å². The van der Waals surface area contributed by atoms with Crippen LogP contribution < -0.4 is 34.8 Å². The number of nitrogens with zero attached hydrogens (tertiary/aromatic N) is 12. The number of nitrogens with one attached hydrogen (secondary N) is 3. The third-order valence-corrected chi connectivity index (χ3v) is 20.7. The first-order valence-corrected chi connectivity index (χ1v) is 36.7. The minimum absolute atomic E-state index is 0.0147. The van der Waals surface area contributed by atoms with Gasteiger partial charge in [0.2, 0.25) is 0 Å². The maximum absolute atomic E-state index is 13.0. The Labute approximate surface area is 623 Å². The lowest BCUT2D eigenvalue weighted by molar-refractivity contribution is -0.0972. The Morgan fingerprint density at radius 2 is 0.810 bits per heavy atom. The third kappa shape index (κ3) is 19.4. The number of alkyl halides is 9. The molecule has 0 aliphatic carbocycles. The van der Waals surface area contributed by atoms with Crippen molar-refractivity contribution in [1.82, 2.24) is 58.6 Å².